The molecular formula is C18H27BrIN3O. The lowest BCUT2D eigenvalue weighted by Crippen LogP contribution is -2.49. The molecule has 0 saturated carbocycles. The molecule has 2 aliphatic heterocycles. The molecule has 4 nitrogen and oxygen atoms in total. The summed E-state index contributed by atoms with van der Waals surface area (Å²) in [7, 11) is 1.83. The van der Waals surface area contributed by atoms with E-state index in [2.05, 4.69) is 69.7 Å². The van der Waals surface area contributed by atoms with E-state index in [9.17, 15) is 0 Å². The molecule has 6 heteroatoms. The van der Waals surface area contributed by atoms with Crippen LogP contribution in [0.4, 0.5) is 0 Å². The molecule has 1 aromatic rings. The van der Waals surface area contributed by atoms with Gasteiger partial charge in [-0.05, 0) is 37.0 Å². The van der Waals surface area contributed by atoms with Crippen molar-refractivity contribution in [3.05, 3.63) is 34.3 Å². The Hall–Kier alpha value is -0.340. The van der Waals surface area contributed by atoms with Crippen molar-refractivity contribution in [1.29, 1.82) is 0 Å². The van der Waals surface area contributed by atoms with Crippen LogP contribution < -0.4 is 10.6 Å². The Morgan fingerprint density at radius 1 is 1.29 bits per heavy atom. The average molecular weight is 508 g/mol. The van der Waals surface area contributed by atoms with E-state index in [4.69, 9.17) is 4.74 Å². The van der Waals surface area contributed by atoms with Gasteiger partial charge in [-0.15, -0.1) is 24.0 Å². The van der Waals surface area contributed by atoms with Gasteiger partial charge in [0.2, 0.25) is 0 Å². The van der Waals surface area contributed by atoms with Gasteiger partial charge in [-0.1, -0.05) is 41.9 Å². The zero-order valence-corrected chi connectivity index (χ0v) is 18.4. The molecular weight excluding hydrogens is 481 g/mol. The Morgan fingerprint density at radius 2 is 2.00 bits per heavy atom. The number of aliphatic imine (C=N–C) groups is 1. The van der Waals surface area contributed by atoms with Gasteiger partial charge in [0.25, 0.3) is 0 Å². The van der Waals surface area contributed by atoms with Gasteiger partial charge in [0.15, 0.2) is 5.96 Å². The van der Waals surface area contributed by atoms with E-state index < -0.39 is 0 Å². The fourth-order valence-corrected chi connectivity index (χ4v) is 3.73. The lowest BCUT2D eigenvalue weighted by atomic mass is 9.85. The Kier molecular flexibility index (Phi) is 6.96. The van der Waals surface area contributed by atoms with Gasteiger partial charge in [-0.2, -0.15) is 0 Å². The Balaban J connectivity index is 0.00000208. The number of guanidine groups is 1. The molecule has 0 spiro atoms. The van der Waals surface area contributed by atoms with Crippen molar-refractivity contribution in [2.75, 3.05) is 13.6 Å². The van der Waals surface area contributed by atoms with Crippen molar-refractivity contribution >= 4 is 45.9 Å². The van der Waals surface area contributed by atoms with Crippen LogP contribution in [0.25, 0.3) is 0 Å². The molecule has 2 N–H and O–H groups in total. The van der Waals surface area contributed by atoms with Crippen molar-refractivity contribution in [2.24, 2.45) is 4.99 Å². The summed E-state index contributed by atoms with van der Waals surface area (Å²) in [6.07, 6.45) is 4.30. The average Bonchev–Trinajstić information content (AvgIpc) is 3.14. The van der Waals surface area contributed by atoms with Crippen LogP contribution in [0.15, 0.2) is 33.7 Å². The predicted molar refractivity (Wildman–Crippen MR) is 113 cm³/mol. The van der Waals surface area contributed by atoms with Gasteiger partial charge in [0.1, 0.15) is 0 Å². The minimum absolute atomic E-state index is 0. The number of nitrogens with zero attached hydrogens (tertiary/aromatic N) is 1. The highest BCUT2D eigenvalue weighted by Gasteiger charge is 2.41. The Bertz CT molecular complexity index is 576. The second-order valence-corrected chi connectivity index (χ2v) is 8.09. The second kappa shape index (κ2) is 8.36. The highest BCUT2D eigenvalue weighted by molar-refractivity contribution is 14.0. The first-order chi connectivity index (χ1) is 11.0. The molecule has 3 atom stereocenters. The maximum Gasteiger partial charge on any atom is 0.191 e. The summed E-state index contributed by atoms with van der Waals surface area (Å²) in [5, 5.41) is 7.02. The summed E-state index contributed by atoms with van der Waals surface area (Å²) < 4.78 is 7.02. The first kappa shape index (κ1) is 20.0. The van der Waals surface area contributed by atoms with Crippen LogP contribution in [-0.2, 0) is 10.2 Å². The molecule has 2 heterocycles. The summed E-state index contributed by atoms with van der Waals surface area (Å²) in [6.45, 7) is 5.32. The van der Waals surface area contributed by atoms with E-state index in [1.54, 1.807) is 0 Å². The largest absolute Gasteiger partial charge is 0.373 e. The third-order valence-corrected chi connectivity index (χ3v) is 5.50. The molecule has 3 rings (SSSR count). The quantitative estimate of drug-likeness (QED) is 0.370. The van der Waals surface area contributed by atoms with Gasteiger partial charge in [0.05, 0.1) is 18.2 Å². The number of rotatable bonds is 4. The highest BCUT2D eigenvalue weighted by Crippen LogP contribution is 2.34. The topological polar surface area (TPSA) is 45.7 Å². The summed E-state index contributed by atoms with van der Waals surface area (Å²) in [6, 6.07) is 8.93. The lowest BCUT2D eigenvalue weighted by molar-refractivity contribution is 0.0992. The first-order valence-corrected chi connectivity index (χ1v) is 9.16. The summed E-state index contributed by atoms with van der Waals surface area (Å²) in [5.74, 6) is 0.872. The maximum absolute atomic E-state index is 5.91. The number of nitrogens with one attached hydrogen (secondary N) is 2. The van der Waals surface area contributed by atoms with Crippen molar-refractivity contribution in [1.82, 2.24) is 10.6 Å². The Morgan fingerprint density at radius 3 is 2.54 bits per heavy atom. The van der Waals surface area contributed by atoms with Crippen LogP contribution in [-0.4, -0.2) is 37.8 Å². The minimum atomic E-state index is 0. The van der Waals surface area contributed by atoms with Gasteiger partial charge < -0.3 is 15.4 Å². The molecule has 134 valence electrons. The standard InChI is InChI=1S/C18H26BrN3O.HI/c1-18(2,12-4-6-13(19)7-5-12)11-21-17(20-3)22-15-10-14-8-9-16(15)23-14;/h4-7,14-16H,8-11H2,1-3H3,(H2,20,21,22);1H. The SMILES string of the molecule is CN=C(NCC(C)(C)c1ccc(Br)cc1)NC1CC2CCC1O2.I. The Labute approximate surface area is 170 Å². The number of hydrogen-bond donors (Lipinski definition) is 2. The first-order valence-electron chi connectivity index (χ1n) is 8.36. The van der Waals surface area contributed by atoms with E-state index in [-0.39, 0.29) is 29.4 Å². The second-order valence-electron chi connectivity index (χ2n) is 7.18. The maximum atomic E-state index is 5.91. The number of halogens is 2. The van der Waals surface area contributed by atoms with Crippen LogP contribution in [0.5, 0.6) is 0 Å². The molecule has 1 aromatic carbocycles. The molecule has 2 saturated heterocycles. The van der Waals surface area contributed by atoms with Crippen molar-refractivity contribution in [3.63, 3.8) is 0 Å². The summed E-state index contributed by atoms with van der Waals surface area (Å²) in [4.78, 5) is 4.38. The molecule has 2 fully saturated rings. The van der Waals surface area contributed by atoms with E-state index in [1.165, 1.54) is 18.4 Å². The molecule has 0 amide bonds. The molecule has 2 aliphatic rings. The lowest BCUT2D eigenvalue weighted by Gasteiger charge is -2.28. The molecule has 0 aromatic heterocycles. The minimum Gasteiger partial charge on any atom is -0.373 e. The fraction of sp³-hybridized carbons (Fsp3) is 0.611. The van der Waals surface area contributed by atoms with E-state index in [1.807, 2.05) is 7.05 Å². The molecule has 3 unspecified atom stereocenters. The monoisotopic (exact) mass is 507 g/mol. The zero-order chi connectivity index (χ0) is 16.4. The normalized spacial score (nSPS) is 26.2. The van der Waals surface area contributed by atoms with Gasteiger partial charge in [0, 0.05) is 23.5 Å². The number of ether oxygens (including phenoxy) is 1. The van der Waals surface area contributed by atoms with Gasteiger partial charge in [-0.25, -0.2) is 0 Å². The molecule has 24 heavy (non-hydrogen) atoms. The smallest absolute Gasteiger partial charge is 0.191 e. The van der Waals surface area contributed by atoms with E-state index in [0.29, 0.717) is 18.2 Å². The highest BCUT2D eigenvalue weighted by atomic mass is 127. The van der Waals surface area contributed by atoms with E-state index in [0.717, 1.165) is 23.4 Å². The number of benzene rings is 1. The van der Waals surface area contributed by atoms with Crippen molar-refractivity contribution in [2.45, 2.75) is 56.8 Å². The number of hydrogen-bond acceptors (Lipinski definition) is 2. The zero-order valence-electron chi connectivity index (χ0n) is 14.5. The van der Waals surface area contributed by atoms with Crippen LogP contribution in [0, 0.1) is 0 Å². The van der Waals surface area contributed by atoms with Gasteiger partial charge in [-0.3, -0.25) is 4.99 Å². The van der Waals surface area contributed by atoms with Crippen molar-refractivity contribution in [3.8, 4) is 0 Å². The van der Waals surface area contributed by atoms with Crippen LogP contribution in [0.1, 0.15) is 38.7 Å². The summed E-state index contributed by atoms with van der Waals surface area (Å²) >= 11 is 3.49. The fourth-order valence-electron chi connectivity index (χ4n) is 3.47. The summed E-state index contributed by atoms with van der Waals surface area (Å²) in [5.41, 5.74) is 1.34. The van der Waals surface area contributed by atoms with Crippen molar-refractivity contribution < 1.29 is 4.74 Å². The third kappa shape index (κ3) is 4.64. The third-order valence-electron chi connectivity index (χ3n) is 4.98. The van der Waals surface area contributed by atoms with Crippen LogP contribution in [0.3, 0.4) is 0 Å². The van der Waals surface area contributed by atoms with E-state index >= 15 is 0 Å². The molecule has 2 bridgehead atoms. The van der Waals surface area contributed by atoms with Crippen LogP contribution >= 0.6 is 39.9 Å². The number of fused-ring (bicyclic) bond motifs is 2. The molecule has 0 aliphatic carbocycles. The van der Waals surface area contributed by atoms with Crippen LogP contribution in [0.2, 0.25) is 0 Å². The van der Waals surface area contributed by atoms with Gasteiger partial charge >= 0.3 is 0 Å². The predicted octanol–water partition coefficient (Wildman–Crippen LogP) is 3.83. The molecule has 0 radical (unpaired) electrons.